The highest BCUT2D eigenvalue weighted by Crippen LogP contribution is 2.42. The molecule has 1 aromatic heterocycles. The van der Waals surface area contributed by atoms with Crippen molar-refractivity contribution in [3.8, 4) is 5.88 Å². The van der Waals surface area contributed by atoms with E-state index in [-0.39, 0.29) is 11.4 Å². The Hall–Kier alpha value is -3.36. The van der Waals surface area contributed by atoms with E-state index < -0.39 is 71.2 Å². The fourth-order valence-corrected chi connectivity index (χ4v) is 3.35. The van der Waals surface area contributed by atoms with Crippen molar-refractivity contribution in [2.75, 3.05) is 11.9 Å². The smallest absolute Gasteiger partial charge is 0.425 e. The fourth-order valence-electron chi connectivity index (χ4n) is 3.13. The van der Waals surface area contributed by atoms with E-state index in [1.807, 2.05) is 0 Å². The summed E-state index contributed by atoms with van der Waals surface area (Å²) in [6.07, 6.45) is -11.0. The van der Waals surface area contributed by atoms with Crippen molar-refractivity contribution in [3.63, 3.8) is 0 Å². The second kappa shape index (κ2) is 9.36. The summed E-state index contributed by atoms with van der Waals surface area (Å²) in [5.41, 5.74) is 2.64. The number of rotatable bonds is 5. The Labute approximate surface area is 197 Å². The highest BCUT2D eigenvalue weighted by Gasteiger charge is 2.50. The lowest BCUT2D eigenvalue weighted by atomic mass is 9.85. The highest BCUT2D eigenvalue weighted by molar-refractivity contribution is 6.31. The fraction of sp³-hybridized carbons (Fsp3) is 0.368. The molecule has 1 aliphatic rings. The number of amidine groups is 1. The van der Waals surface area contributed by atoms with Gasteiger partial charge in [0.25, 0.3) is 11.9 Å². The van der Waals surface area contributed by atoms with Gasteiger partial charge in [-0.25, -0.2) is 19.4 Å². The molecule has 190 valence electrons. The third kappa shape index (κ3) is 6.41. The van der Waals surface area contributed by atoms with Gasteiger partial charge in [-0.05, 0) is 19.1 Å². The van der Waals surface area contributed by atoms with Crippen LogP contribution in [-0.2, 0) is 10.3 Å². The predicted octanol–water partition coefficient (Wildman–Crippen LogP) is 4.34. The van der Waals surface area contributed by atoms with Crippen molar-refractivity contribution in [1.29, 1.82) is 0 Å². The van der Waals surface area contributed by atoms with E-state index >= 15 is 0 Å². The van der Waals surface area contributed by atoms with Crippen LogP contribution in [-0.4, -0.2) is 47.0 Å². The number of hydrogen-bond acceptors (Lipinski definition) is 7. The standard InChI is InChI=1S/C19H15ClF7N5O3/c1-17(4-12(19(25,26)27)35-16(28)32-17)9-2-8(3-10(20)14(9)21)31-15(33)11-5-30-13(6-29-11)34-7-18(22,23)24/h2-3,5-6,12H,4,7H2,1H3,(H2,28,32)(H,31,33)/t12-,17-/m0/s1. The Morgan fingerprint density at radius 3 is 2.51 bits per heavy atom. The highest BCUT2D eigenvalue weighted by atomic mass is 35.5. The molecule has 3 N–H and O–H groups in total. The van der Waals surface area contributed by atoms with Gasteiger partial charge in [0, 0.05) is 17.7 Å². The van der Waals surface area contributed by atoms with Gasteiger partial charge in [-0.2, -0.15) is 26.3 Å². The van der Waals surface area contributed by atoms with Crippen LogP contribution in [0.15, 0.2) is 29.5 Å². The number of aromatic nitrogens is 2. The van der Waals surface area contributed by atoms with Crippen LogP contribution < -0.4 is 15.8 Å². The molecule has 0 saturated carbocycles. The molecule has 0 saturated heterocycles. The molecule has 35 heavy (non-hydrogen) atoms. The normalized spacial score (nSPS) is 20.6. The minimum absolute atomic E-state index is 0.138. The van der Waals surface area contributed by atoms with E-state index in [0.717, 1.165) is 24.5 Å². The second-order valence-electron chi connectivity index (χ2n) is 7.49. The van der Waals surface area contributed by atoms with Crippen LogP contribution >= 0.6 is 11.6 Å². The van der Waals surface area contributed by atoms with Crippen LogP contribution in [0.4, 0.5) is 36.4 Å². The van der Waals surface area contributed by atoms with E-state index in [4.69, 9.17) is 17.3 Å². The van der Waals surface area contributed by atoms with Crippen LogP contribution in [0.3, 0.4) is 0 Å². The number of halogens is 8. The molecule has 0 radical (unpaired) electrons. The van der Waals surface area contributed by atoms with Gasteiger partial charge < -0.3 is 20.5 Å². The summed E-state index contributed by atoms with van der Waals surface area (Å²) in [6.45, 7) is -0.428. The molecule has 2 atom stereocenters. The number of aliphatic imine (C=N–C) groups is 1. The van der Waals surface area contributed by atoms with Gasteiger partial charge in [-0.3, -0.25) is 4.79 Å². The van der Waals surface area contributed by atoms with E-state index in [1.165, 1.54) is 6.92 Å². The summed E-state index contributed by atoms with van der Waals surface area (Å²) in [5.74, 6) is -2.51. The zero-order valence-electron chi connectivity index (χ0n) is 17.5. The summed E-state index contributed by atoms with van der Waals surface area (Å²) in [5, 5.41) is 1.77. The maximum atomic E-state index is 14.8. The Morgan fingerprint density at radius 2 is 1.94 bits per heavy atom. The zero-order chi connectivity index (χ0) is 26.2. The Morgan fingerprint density at radius 1 is 1.26 bits per heavy atom. The number of ether oxygens (including phenoxy) is 2. The number of amides is 1. The summed E-state index contributed by atoms with van der Waals surface area (Å²) in [7, 11) is 0. The number of carbonyl (C=O) groups excluding carboxylic acids is 1. The molecular formula is C19H15ClF7N5O3. The lowest BCUT2D eigenvalue weighted by molar-refractivity contribution is -0.208. The number of benzene rings is 1. The van der Waals surface area contributed by atoms with Crippen LogP contribution in [0.2, 0.25) is 5.02 Å². The van der Waals surface area contributed by atoms with Crippen molar-refractivity contribution < 1.29 is 45.0 Å². The quantitative estimate of drug-likeness (QED) is 0.557. The van der Waals surface area contributed by atoms with Crippen LogP contribution in [0.25, 0.3) is 0 Å². The molecular weight excluding hydrogens is 515 g/mol. The van der Waals surface area contributed by atoms with Gasteiger partial charge >= 0.3 is 12.4 Å². The van der Waals surface area contributed by atoms with Crippen molar-refractivity contribution in [3.05, 3.63) is 46.6 Å². The molecule has 8 nitrogen and oxygen atoms in total. The third-order valence-electron chi connectivity index (χ3n) is 4.68. The monoisotopic (exact) mass is 529 g/mol. The molecule has 2 aromatic rings. The van der Waals surface area contributed by atoms with E-state index in [9.17, 15) is 35.5 Å². The Bertz CT molecular complexity index is 1140. The van der Waals surface area contributed by atoms with Crippen molar-refractivity contribution >= 4 is 29.2 Å². The van der Waals surface area contributed by atoms with Gasteiger partial charge in [0.2, 0.25) is 5.88 Å². The van der Waals surface area contributed by atoms with Crippen molar-refractivity contribution in [2.24, 2.45) is 10.7 Å². The molecule has 0 aliphatic carbocycles. The molecule has 2 heterocycles. The molecule has 0 bridgehead atoms. The number of nitrogens with zero attached hydrogens (tertiary/aromatic N) is 3. The molecule has 1 aromatic carbocycles. The summed E-state index contributed by atoms with van der Waals surface area (Å²) in [6, 6.07) is 1.20. The number of alkyl halides is 6. The summed E-state index contributed by atoms with van der Waals surface area (Å²) in [4.78, 5) is 23.4. The minimum Gasteiger partial charge on any atom is -0.467 e. The van der Waals surface area contributed by atoms with Crippen molar-refractivity contribution in [1.82, 2.24) is 9.97 Å². The molecule has 3 rings (SSSR count). The SMILES string of the molecule is C[C@@]1(c2cc(NC(=O)c3cnc(OCC(F)(F)F)cn3)cc(Cl)c2F)C[C@@H](C(F)(F)F)OC(N)=N1. The van der Waals surface area contributed by atoms with Crippen LogP contribution in [0.5, 0.6) is 5.88 Å². The topological polar surface area (TPSA) is 112 Å². The zero-order valence-corrected chi connectivity index (χ0v) is 18.2. The van der Waals surface area contributed by atoms with Gasteiger partial charge in [-0.1, -0.05) is 11.6 Å². The lowest BCUT2D eigenvalue weighted by Crippen LogP contribution is -2.46. The third-order valence-corrected chi connectivity index (χ3v) is 4.95. The van der Waals surface area contributed by atoms with E-state index in [0.29, 0.717) is 0 Å². The number of anilines is 1. The lowest BCUT2D eigenvalue weighted by Gasteiger charge is -2.36. The number of hydrogen-bond donors (Lipinski definition) is 2. The average molecular weight is 530 g/mol. The van der Waals surface area contributed by atoms with Crippen LogP contribution in [0.1, 0.15) is 29.4 Å². The number of carbonyl (C=O) groups is 1. The largest absolute Gasteiger partial charge is 0.467 e. The minimum atomic E-state index is -4.82. The van der Waals surface area contributed by atoms with Crippen molar-refractivity contribution in [2.45, 2.75) is 37.3 Å². The first kappa shape index (κ1) is 26.2. The molecule has 1 amide bonds. The first-order chi connectivity index (χ1) is 16.1. The Kier molecular flexibility index (Phi) is 7.02. The number of nitrogens with two attached hydrogens (primary N) is 1. The molecule has 16 heteroatoms. The summed E-state index contributed by atoms with van der Waals surface area (Å²) < 4.78 is 100. The maximum absolute atomic E-state index is 14.8. The molecule has 1 aliphatic heterocycles. The Balaban J connectivity index is 1.84. The maximum Gasteiger partial charge on any atom is 0.425 e. The molecule has 0 spiro atoms. The van der Waals surface area contributed by atoms with E-state index in [2.05, 4.69) is 29.8 Å². The van der Waals surface area contributed by atoms with Crippen LogP contribution in [0, 0.1) is 5.82 Å². The second-order valence-corrected chi connectivity index (χ2v) is 7.90. The number of nitrogens with one attached hydrogen (secondary N) is 1. The summed E-state index contributed by atoms with van der Waals surface area (Å²) >= 11 is 5.89. The first-order valence-electron chi connectivity index (χ1n) is 9.48. The molecule has 0 unspecified atom stereocenters. The first-order valence-corrected chi connectivity index (χ1v) is 9.86. The predicted molar refractivity (Wildman–Crippen MR) is 107 cm³/mol. The van der Waals surface area contributed by atoms with Gasteiger partial charge in [0.1, 0.15) is 11.5 Å². The van der Waals surface area contributed by atoms with Gasteiger partial charge in [0.05, 0.1) is 23.0 Å². The van der Waals surface area contributed by atoms with Gasteiger partial charge in [0.15, 0.2) is 12.7 Å². The van der Waals surface area contributed by atoms with E-state index in [1.54, 1.807) is 0 Å². The average Bonchev–Trinajstić information content (AvgIpc) is 2.73. The van der Waals surface area contributed by atoms with Gasteiger partial charge in [-0.15, -0.1) is 0 Å². The molecule has 0 fully saturated rings.